The van der Waals surface area contributed by atoms with Gasteiger partial charge in [0.25, 0.3) is 0 Å². The molecule has 0 fully saturated rings. The van der Waals surface area contributed by atoms with Crippen molar-refractivity contribution in [2.24, 2.45) is 0 Å². The lowest BCUT2D eigenvalue weighted by molar-refractivity contribution is 0.0522. The van der Waals surface area contributed by atoms with Crippen LogP contribution in [0.3, 0.4) is 0 Å². The van der Waals surface area contributed by atoms with Crippen molar-refractivity contribution < 1.29 is 18.7 Å². The fourth-order valence-electron chi connectivity index (χ4n) is 1.80. The minimum absolute atomic E-state index is 0.184. The van der Waals surface area contributed by atoms with Gasteiger partial charge in [0, 0.05) is 11.8 Å². The van der Waals surface area contributed by atoms with E-state index in [4.69, 9.17) is 9.47 Å². The highest BCUT2D eigenvalue weighted by molar-refractivity contribution is 5.93. The predicted molar refractivity (Wildman–Crippen MR) is 72.1 cm³/mol. The molecule has 2 rings (SSSR count). The third-order valence-corrected chi connectivity index (χ3v) is 2.70. The Kier molecular flexibility index (Phi) is 4.30. The summed E-state index contributed by atoms with van der Waals surface area (Å²) in [5.74, 6) is -0.685. The number of benzene rings is 1. The quantitative estimate of drug-likeness (QED) is 0.805. The normalized spacial score (nSPS) is 10.2. The first-order valence-electron chi connectivity index (χ1n) is 6.12. The van der Waals surface area contributed by atoms with E-state index in [-0.39, 0.29) is 23.9 Å². The Balaban J connectivity index is 2.46. The van der Waals surface area contributed by atoms with Gasteiger partial charge in [-0.1, -0.05) is 12.1 Å². The second kappa shape index (κ2) is 6.14. The number of carbonyl (C=O) groups excluding carboxylic acids is 1. The molecule has 104 valence electrons. The Morgan fingerprint density at radius 2 is 2.10 bits per heavy atom. The molecule has 0 radical (unpaired) electrons. The number of pyridine rings is 1. The molecule has 0 amide bonds. The van der Waals surface area contributed by atoms with E-state index < -0.39 is 5.97 Å². The first-order valence-corrected chi connectivity index (χ1v) is 6.12. The van der Waals surface area contributed by atoms with Gasteiger partial charge in [-0.3, -0.25) is 0 Å². The van der Waals surface area contributed by atoms with Crippen molar-refractivity contribution in [3.8, 4) is 17.0 Å². The molecule has 1 heterocycles. The molecule has 0 aliphatic heterocycles. The van der Waals surface area contributed by atoms with Crippen molar-refractivity contribution in [2.45, 2.75) is 6.92 Å². The number of esters is 1. The van der Waals surface area contributed by atoms with Crippen molar-refractivity contribution in [1.29, 1.82) is 0 Å². The van der Waals surface area contributed by atoms with Crippen LogP contribution in [0.4, 0.5) is 4.39 Å². The molecule has 0 aliphatic rings. The van der Waals surface area contributed by atoms with E-state index in [9.17, 15) is 9.18 Å². The van der Waals surface area contributed by atoms with Gasteiger partial charge in [-0.15, -0.1) is 0 Å². The molecule has 2 aromatic rings. The number of aromatic nitrogens is 1. The zero-order chi connectivity index (χ0) is 14.5. The summed E-state index contributed by atoms with van der Waals surface area (Å²) in [4.78, 5) is 15.9. The van der Waals surface area contributed by atoms with Crippen LogP contribution < -0.4 is 4.74 Å². The van der Waals surface area contributed by atoms with Crippen LogP contribution in [0.15, 0.2) is 36.5 Å². The average Bonchev–Trinajstić information content (AvgIpc) is 2.47. The van der Waals surface area contributed by atoms with Gasteiger partial charge in [-0.2, -0.15) is 0 Å². The SMILES string of the molecule is CCOC(=O)c1cc(-c2cccc(F)c2)cnc1OC. The molecular formula is C15H14FNO3. The van der Waals surface area contributed by atoms with Gasteiger partial charge in [-0.25, -0.2) is 14.2 Å². The zero-order valence-corrected chi connectivity index (χ0v) is 11.2. The molecule has 0 spiro atoms. The number of nitrogens with zero attached hydrogens (tertiary/aromatic N) is 1. The summed E-state index contributed by atoms with van der Waals surface area (Å²) in [5.41, 5.74) is 1.47. The van der Waals surface area contributed by atoms with Crippen molar-refractivity contribution in [1.82, 2.24) is 4.98 Å². The van der Waals surface area contributed by atoms with Crippen LogP contribution in [0, 0.1) is 5.82 Å². The lowest BCUT2D eigenvalue weighted by Gasteiger charge is -2.09. The van der Waals surface area contributed by atoms with E-state index >= 15 is 0 Å². The van der Waals surface area contributed by atoms with Gasteiger partial charge < -0.3 is 9.47 Å². The zero-order valence-electron chi connectivity index (χ0n) is 11.2. The van der Waals surface area contributed by atoms with E-state index in [2.05, 4.69) is 4.98 Å². The molecule has 1 aromatic heterocycles. The molecule has 0 atom stereocenters. The van der Waals surface area contributed by atoms with Crippen LogP contribution in [-0.2, 0) is 4.74 Å². The van der Waals surface area contributed by atoms with E-state index in [1.165, 1.54) is 25.4 Å². The highest BCUT2D eigenvalue weighted by atomic mass is 19.1. The second-order valence-corrected chi connectivity index (χ2v) is 4.01. The number of hydrogen-bond acceptors (Lipinski definition) is 4. The Morgan fingerprint density at radius 3 is 2.75 bits per heavy atom. The highest BCUT2D eigenvalue weighted by Crippen LogP contribution is 2.25. The summed E-state index contributed by atoms with van der Waals surface area (Å²) >= 11 is 0. The minimum Gasteiger partial charge on any atom is -0.480 e. The van der Waals surface area contributed by atoms with Crippen LogP contribution in [0.25, 0.3) is 11.1 Å². The fourth-order valence-corrected chi connectivity index (χ4v) is 1.80. The van der Waals surface area contributed by atoms with Crippen molar-refractivity contribution in [3.05, 3.63) is 47.9 Å². The van der Waals surface area contributed by atoms with Crippen LogP contribution in [0.5, 0.6) is 5.88 Å². The molecule has 5 heteroatoms. The van der Waals surface area contributed by atoms with Gasteiger partial charge in [0.05, 0.1) is 13.7 Å². The Morgan fingerprint density at radius 1 is 1.30 bits per heavy atom. The summed E-state index contributed by atoms with van der Waals surface area (Å²) in [7, 11) is 1.42. The molecule has 0 saturated carbocycles. The monoisotopic (exact) mass is 275 g/mol. The Bertz CT molecular complexity index is 628. The van der Waals surface area contributed by atoms with Crippen LogP contribution in [0.2, 0.25) is 0 Å². The van der Waals surface area contributed by atoms with Gasteiger partial charge in [0.15, 0.2) is 0 Å². The molecule has 20 heavy (non-hydrogen) atoms. The van der Waals surface area contributed by atoms with Crippen molar-refractivity contribution in [3.63, 3.8) is 0 Å². The summed E-state index contributed by atoms with van der Waals surface area (Å²) < 4.78 is 23.2. The second-order valence-electron chi connectivity index (χ2n) is 4.01. The smallest absolute Gasteiger partial charge is 0.343 e. The topological polar surface area (TPSA) is 48.4 Å². The largest absolute Gasteiger partial charge is 0.480 e. The van der Waals surface area contributed by atoms with Gasteiger partial charge in [-0.05, 0) is 30.7 Å². The maximum Gasteiger partial charge on any atom is 0.343 e. The molecule has 0 bridgehead atoms. The highest BCUT2D eigenvalue weighted by Gasteiger charge is 2.16. The Hall–Kier alpha value is -2.43. The van der Waals surface area contributed by atoms with E-state index in [0.717, 1.165) is 0 Å². The summed E-state index contributed by atoms with van der Waals surface area (Å²) in [6, 6.07) is 7.64. The third-order valence-electron chi connectivity index (χ3n) is 2.70. The van der Waals surface area contributed by atoms with E-state index in [1.807, 2.05) is 0 Å². The molecule has 4 nitrogen and oxygen atoms in total. The first-order chi connectivity index (χ1) is 9.65. The van der Waals surface area contributed by atoms with E-state index in [0.29, 0.717) is 11.1 Å². The third kappa shape index (κ3) is 2.93. The number of halogens is 1. The Labute approximate surface area is 116 Å². The van der Waals surface area contributed by atoms with Gasteiger partial charge in [0.1, 0.15) is 11.4 Å². The van der Waals surface area contributed by atoms with Crippen molar-refractivity contribution >= 4 is 5.97 Å². The average molecular weight is 275 g/mol. The van der Waals surface area contributed by atoms with Crippen LogP contribution in [0.1, 0.15) is 17.3 Å². The number of hydrogen-bond donors (Lipinski definition) is 0. The molecule has 1 aromatic carbocycles. The first kappa shape index (κ1) is 14.0. The maximum atomic E-state index is 13.2. The maximum absolute atomic E-state index is 13.2. The van der Waals surface area contributed by atoms with E-state index in [1.54, 1.807) is 25.1 Å². The van der Waals surface area contributed by atoms with Gasteiger partial charge >= 0.3 is 5.97 Å². The lowest BCUT2D eigenvalue weighted by atomic mass is 10.1. The molecule has 0 aliphatic carbocycles. The van der Waals surface area contributed by atoms with Gasteiger partial charge in [0.2, 0.25) is 5.88 Å². The summed E-state index contributed by atoms with van der Waals surface area (Å²) in [6.45, 7) is 1.97. The number of ether oxygens (including phenoxy) is 2. The predicted octanol–water partition coefficient (Wildman–Crippen LogP) is 3.07. The molecular weight excluding hydrogens is 261 g/mol. The molecule has 0 unspecified atom stereocenters. The molecule has 0 N–H and O–H groups in total. The number of rotatable bonds is 4. The van der Waals surface area contributed by atoms with Crippen LogP contribution in [-0.4, -0.2) is 24.7 Å². The summed E-state index contributed by atoms with van der Waals surface area (Å²) in [5, 5.41) is 0. The molecule has 0 saturated heterocycles. The lowest BCUT2D eigenvalue weighted by Crippen LogP contribution is -2.08. The number of methoxy groups -OCH3 is 1. The summed E-state index contributed by atoms with van der Waals surface area (Å²) in [6.07, 6.45) is 1.52. The van der Waals surface area contributed by atoms with Crippen molar-refractivity contribution in [2.75, 3.05) is 13.7 Å². The van der Waals surface area contributed by atoms with Crippen LogP contribution >= 0.6 is 0 Å². The minimum atomic E-state index is -0.518. The standard InChI is InChI=1S/C15H14FNO3/c1-3-20-15(18)13-8-11(9-17-14(13)19-2)10-5-4-6-12(16)7-10/h4-9H,3H2,1-2H3. The number of carbonyl (C=O) groups is 1. The fraction of sp³-hybridized carbons (Fsp3) is 0.200.